The number of oxime groups is 1. The van der Waals surface area contributed by atoms with Crippen molar-refractivity contribution < 1.29 is 10.0 Å². The number of amides is 1. The van der Waals surface area contributed by atoms with Crippen molar-refractivity contribution in [2.75, 3.05) is 5.32 Å². The second-order valence-corrected chi connectivity index (χ2v) is 4.07. The molecule has 0 atom stereocenters. The number of nitrogens with one attached hydrogen (secondary N) is 1. The zero-order chi connectivity index (χ0) is 10.6. The summed E-state index contributed by atoms with van der Waals surface area (Å²) in [5.74, 6) is -0.509. The van der Waals surface area contributed by atoms with Crippen LogP contribution in [0.3, 0.4) is 0 Å². The summed E-state index contributed by atoms with van der Waals surface area (Å²) in [5, 5.41) is 13.7. The molecule has 0 bridgehead atoms. The molecule has 14 heavy (non-hydrogen) atoms. The number of carbonyl (C=O) groups excluding carboxylic acids is 1. The average molecular weight is 325 g/mol. The van der Waals surface area contributed by atoms with Crippen LogP contribution in [0.2, 0.25) is 5.02 Å². The highest BCUT2D eigenvalue weighted by atomic mass is 127. The smallest absolute Gasteiger partial charge is 0.270 e. The van der Waals surface area contributed by atoms with Crippen molar-refractivity contribution in [3.05, 3.63) is 26.8 Å². The molecule has 0 aliphatic carbocycles. The Hall–Kier alpha value is -0.820. The summed E-state index contributed by atoms with van der Waals surface area (Å²) >= 11 is 7.85. The van der Waals surface area contributed by atoms with Crippen LogP contribution < -0.4 is 5.32 Å². The Kier molecular flexibility index (Phi) is 4.15. The SMILES string of the molecule is O=C(C=NO)Nc1cc(Cl)cc(I)c1. The van der Waals surface area contributed by atoms with Gasteiger partial charge in [0.05, 0.1) is 0 Å². The minimum Gasteiger partial charge on any atom is -0.411 e. The number of hydrogen-bond acceptors (Lipinski definition) is 3. The van der Waals surface area contributed by atoms with E-state index in [0.717, 1.165) is 9.78 Å². The zero-order valence-corrected chi connectivity index (χ0v) is 9.78. The highest BCUT2D eigenvalue weighted by Crippen LogP contribution is 2.19. The fraction of sp³-hybridized carbons (Fsp3) is 0. The van der Waals surface area contributed by atoms with Crippen LogP contribution >= 0.6 is 34.2 Å². The van der Waals surface area contributed by atoms with Gasteiger partial charge in [0.15, 0.2) is 0 Å². The first-order chi connectivity index (χ1) is 6.61. The predicted octanol–water partition coefficient (Wildman–Crippen LogP) is 2.34. The van der Waals surface area contributed by atoms with Gasteiger partial charge in [-0.15, -0.1) is 0 Å². The number of anilines is 1. The molecule has 74 valence electrons. The Bertz CT molecular complexity index is 361. The van der Waals surface area contributed by atoms with E-state index in [1.807, 2.05) is 0 Å². The Balaban J connectivity index is 2.81. The molecule has 6 heteroatoms. The standard InChI is InChI=1S/C8H6ClIN2O2/c9-5-1-6(10)3-7(2-5)12-8(13)4-11-14/h1-4,14H,(H,12,13). The third-order valence-corrected chi connectivity index (χ3v) is 2.15. The lowest BCUT2D eigenvalue weighted by Gasteiger charge is -2.02. The zero-order valence-electron chi connectivity index (χ0n) is 6.87. The fourth-order valence-corrected chi connectivity index (χ4v) is 1.94. The van der Waals surface area contributed by atoms with Crippen LogP contribution in [0.5, 0.6) is 0 Å². The van der Waals surface area contributed by atoms with E-state index in [2.05, 4.69) is 33.1 Å². The summed E-state index contributed by atoms with van der Waals surface area (Å²) in [6.07, 6.45) is 0.772. The van der Waals surface area contributed by atoms with Gasteiger partial charge in [-0.25, -0.2) is 0 Å². The number of nitrogens with zero attached hydrogens (tertiary/aromatic N) is 1. The van der Waals surface area contributed by atoms with Gasteiger partial charge in [0.25, 0.3) is 5.91 Å². The van der Waals surface area contributed by atoms with Gasteiger partial charge in [-0.2, -0.15) is 0 Å². The first kappa shape index (κ1) is 11.3. The van der Waals surface area contributed by atoms with Crippen molar-refractivity contribution in [1.29, 1.82) is 0 Å². The Morgan fingerprint density at radius 2 is 2.29 bits per heavy atom. The van der Waals surface area contributed by atoms with Crippen molar-refractivity contribution in [1.82, 2.24) is 0 Å². The molecular weight excluding hydrogens is 318 g/mol. The molecule has 0 saturated heterocycles. The molecule has 0 heterocycles. The highest BCUT2D eigenvalue weighted by Gasteiger charge is 2.01. The maximum absolute atomic E-state index is 11.0. The molecule has 0 fully saturated rings. The summed E-state index contributed by atoms with van der Waals surface area (Å²) in [6.45, 7) is 0. The highest BCUT2D eigenvalue weighted by molar-refractivity contribution is 14.1. The second-order valence-electron chi connectivity index (χ2n) is 2.39. The van der Waals surface area contributed by atoms with Crippen molar-refractivity contribution in [2.24, 2.45) is 5.16 Å². The van der Waals surface area contributed by atoms with Crippen LogP contribution in [0.25, 0.3) is 0 Å². The molecule has 1 aromatic carbocycles. The molecule has 0 radical (unpaired) electrons. The van der Waals surface area contributed by atoms with Crippen LogP contribution in [-0.2, 0) is 4.79 Å². The van der Waals surface area contributed by atoms with Crippen molar-refractivity contribution in [3.8, 4) is 0 Å². The molecule has 1 aromatic rings. The minimum atomic E-state index is -0.509. The molecule has 0 aromatic heterocycles. The first-order valence-electron chi connectivity index (χ1n) is 3.56. The van der Waals surface area contributed by atoms with Crippen LogP contribution in [-0.4, -0.2) is 17.3 Å². The molecular formula is C8H6ClIN2O2. The van der Waals surface area contributed by atoms with E-state index in [1.54, 1.807) is 18.2 Å². The maximum atomic E-state index is 11.0. The van der Waals surface area contributed by atoms with Crippen molar-refractivity contribution >= 4 is 52.0 Å². The minimum absolute atomic E-state index is 0.509. The second kappa shape index (κ2) is 5.16. The quantitative estimate of drug-likeness (QED) is 0.380. The topological polar surface area (TPSA) is 61.7 Å². The molecule has 0 saturated carbocycles. The summed E-state index contributed by atoms with van der Waals surface area (Å²) in [5.41, 5.74) is 0.562. The summed E-state index contributed by atoms with van der Waals surface area (Å²) < 4.78 is 0.909. The van der Waals surface area contributed by atoms with E-state index in [-0.39, 0.29) is 0 Å². The van der Waals surface area contributed by atoms with Gasteiger partial charge in [0, 0.05) is 14.3 Å². The Morgan fingerprint density at radius 3 is 2.86 bits per heavy atom. The maximum Gasteiger partial charge on any atom is 0.270 e. The van der Waals surface area contributed by atoms with Gasteiger partial charge in [0.2, 0.25) is 0 Å². The predicted molar refractivity (Wildman–Crippen MR) is 63.1 cm³/mol. The van der Waals surface area contributed by atoms with E-state index in [9.17, 15) is 4.79 Å². The molecule has 4 nitrogen and oxygen atoms in total. The van der Waals surface area contributed by atoms with E-state index >= 15 is 0 Å². The van der Waals surface area contributed by atoms with Crippen LogP contribution in [0.1, 0.15) is 0 Å². The van der Waals surface area contributed by atoms with E-state index in [0.29, 0.717) is 10.7 Å². The molecule has 1 rings (SSSR count). The van der Waals surface area contributed by atoms with Gasteiger partial charge >= 0.3 is 0 Å². The number of hydrogen-bond donors (Lipinski definition) is 2. The monoisotopic (exact) mass is 324 g/mol. The lowest BCUT2D eigenvalue weighted by molar-refractivity contribution is -0.110. The Labute approximate surface area is 99.1 Å². The molecule has 0 spiro atoms. The fourth-order valence-electron chi connectivity index (χ4n) is 0.853. The largest absolute Gasteiger partial charge is 0.411 e. The van der Waals surface area contributed by atoms with Crippen molar-refractivity contribution in [3.63, 3.8) is 0 Å². The van der Waals surface area contributed by atoms with E-state index in [1.165, 1.54) is 0 Å². The van der Waals surface area contributed by atoms with E-state index < -0.39 is 5.91 Å². The number of carbonyl (C=O) groups is 1. The molecule has 1 amide bonds. The molecule has 2 N–H and O–H groups in total. The van der Waals surface area contributed by atoms with Gasteiger partial charge < -0.3 is 10.5 Å². The molecule has 0 unspecified atom stereocenters. The average Bonchev–Trinajstić information content (AvgIpc) is 2.01. The Morgan fingerprint density at radius 1 is 1.57 bits per heavy atom. The van der Waals surface area contributed by atoms with Gasteiger partial charge in [-0.1, -0.05) is 16.8 Å². The number of benzene rings is 1. The van der Waals surface area contributed by atoms with Crippen LogP contribution in [0, 0.1) is 3.57 Å². The summed E-state index contributed by atoms with van der Waals surface area (Å²) in [4.78, 5) is 11.0. The molecule has 0 aliphatic rings. The van der Waals surface area contributed by atoms with Crippen molar-refractivity contribution in [2.45, 2.75) is 0 Å². The lowest BCUT2D eigenvalue weighted by atomic mass is 10.3. The van der Waals surface area contributed by atoms with E-state index in [4.69, 9.17) is 16.8 Å². The summed E-state index contributed by atoms with van der Waals surface area (Å²) in [6, 6.07) is 5.11. The van der Waals surface area contributed by atoms with Gasteiger partial charge in [-0.3, -0.25) is 4.79 Å². The number of rotatable bonds is 2. The van der Waals surface area contributed by atoms with Gasteiger partial charge in [-0.05, 0) is 40.8 Å². The normalized spacial score (nSPS) is 10.4. The van der Waals surface area contributed by atoms with Crippen LogP contribution in [0.4, 0.5) is 5.69 Å². The third-order valence-electron chi connectivity index (χ3n) is 1.31. The summed E-state index contributed by atoms with van der Waals surface area (Å²) in [7, 11) is 0. The lowest BCUT2D eigenvalue weighted by Crippen LogP contribution is -2.12. The molecule has 0 aliphatic heterocycles. The third kappa shape index (κ3) is 3.51. The number of halogens is 2. The van der Waals surface area contributed by atoms with Crippen LogP contribution in [0.15, 0.2) is 23.4 Å². The van der Waals surface area contributed by atoms with Gasteiger partial charge in [0.1, 0.15) is 6.21 Å². The first-order valence-corrected chi connectivity index (χ1v) is 5.02.